The van der Waals surface area contributed by atoms with Crippen molar-refractivity contribution in [2.75, 3.05) is 0 Å². The maximum atomic E-state index is 4.89. The van der Waals surface area contributed by atoms with Crippen LogP contribution in [0.2, 0.25) is 0 Å². The molecule has 0 aromatic carbocycles. The summed E-state index contributed by atoms with van der Waals surface area (Å²) in [5.74, 6) is 0. The number of rotatable bonds is 2. The molecular weight excluding hydrogens is 104 g/mol. The highest BCUT2D eigenvalue weighted by atomic mass is 32.1. The van der Waals surface area contributed by atoms with Gasteiger partial charge in [-0.3, -0.25) is 0 Å². The number of hydrogen-bond acceptors (Lipinski definition) is 0. The van der Waals surface area contributed by atoms with Gasteiger partial charge in [0.25, 0.3) is 0 Å². The Labute approximate surface area is 51.0 Å². The van der Waals surface area contributed by atoms with Gasteiger partial charge in [0, 0.05) is 5.25 Å². The van der Waals surface area contributed by atoms with Crippen molar-refractivity contribution in [2.24, 2.45) is 0 Å². The zero-order chi connectivity index (χ0) is 5.70. The maximum Gasteiger partial charge on any atom is 0.0157 e. The predicted molar refractivity (Wildman–Crippen MR) is 36.5 cm³/mol. The molecule has 0 aromatic heterocycles. The Balaban J connectivity index is 2.97. The highest BCUT2D eigenvalue weighted by Gasteiger charge is 1.86. The van der Waals surface area contributed by atoms with Gasteiger partial charge in [0.15, 0.2) is 0 Å². The molecule has 7 heavy (non-hydrogen) atoms. The fourth-order valence-corrected chi connectivity index (χ4v) is 0.439. The van der Waals surface area contributed by atoms with Gasteiger partial charge in [-0.1, -0.05) is 31.7 Å². The summed E-state index contributed by atoms with van der Waals surface area (Å²) in [5.41, 5.74) is 0. The van der Waals surface area contributed by atoms with E-state index in [1.807, 2.05) is 19.9 Å². The van der Waals surface area contributed by atoms with Crippen molar-refractivity contribution in [3.05, 3.63) is 12.2 Å². The third-order valence-electron chi connectivity index (χ3n) is 0.704. The van der Waals surface area contributed by atoms with Crippen molar-refractivity contribution in [2.45, 2.75) is 25.5 Å². The zero-order valence-electron chi connectivity index (χ0n) is 4.85. The van der Waals surface area contributed by atoms with Crippen LogP contribution in [0.5, 0.6) is 0 Å². The number of allylic oxidation sites excluding steroid dienone is 2. The van der Waals surface area contributed by atoms with E-state index in [0.717, 1.165) is 6.42 Å². The van der Waals surface area contributed by atoms with Crippen LogP contribution in [0.3, 0.4) is 0 Å². The SMILES string of the molecule is CC=CCC(C)[S]. The highest BCUT2D eigenvalue weighted by molar-refractivity contribution is 7.80. The summed E-state index contributed by atoms with van der Waals surface area (Å²) in [5, 5.41) is 0.399. The van der Waals surface area contributed by atoms with Crippen molar-refractivity contribution in [3.63, 3.8) is 0 Å². The molecule has 0 nitrogen and oxygen atoms in total. The van der Waals surface area contributed by atoms with E-state index in [4.69, 9.17) is 12.6 Å². The quantitative estimate of drug-likeness (QED) is 0.485. The highest BCUT2D eigenvalue weighted by Crippen LogP contribution is 1.98. The van der Waals surface area contributed by atoms with Gasteiger partial charge in [-0.05, 0) is 13.3 Å². The lowest BCUT2D eigenvalue weighted by Gasteiger charge is -1.91. The van der Waals surface area contributed by atoms with E-state index in [1.54, 1.807) is 0 Å². The second-order valence-electron chi connectivity index (χ2n) is 1.62. The Hall–Kier alpha value is 0.0900. The maximum absolute atomic E-state index is 4.89. The molecule has 41 valence electrons. The van der Waals surface area contributed by atoms with Crippen molar-refractivity contribution < 1.29 is 0 Å². The second-order valence-corrected chi connectivity index (χ2v) is 2.42. The molecule has 0 saturated carbocycles. The van der Waals surface area contributed by atoms with Crippen molar-refractivity contribution in [1.29, 1.82) is 0 Å². The third kappa shape index (κ3) is 6.09. The molecule has 1 atom stereocenters. The Morgan fingerprint density at radius 3 is 2.43 bits per heavy atom. The molecule has 0 amide bonds. The smallest absolute Gasteiger partial charge is 0.0157 e. The molecule has 1 unspecified atom stereocenters. The topological polar surface area (TPSA) is 0 Å². The minimum atomic E-state index is 0.399. The molecule has 0 heterocycles. The Morgan fingerprint density at radius 2 is 2.29 bits per heavy atom. The number of hydrogen-bond donors (Lipinski definition) is 0. The fourth-order valence-electron chi connectivity index (χ4n) is 0.328. The minimum absolute atomic E-state index is 0.399. The molecular formula is C6H11S. The van der Waals surface area contributed by atoms with E-state index in [0.29, 0.717) is 5.25 Å². The molecule has 0 aliphatic carbocycles. The standard InChI is InChI=1S/C6H11S/c1-3-4-5-6(2)7/h3-4,6H,5H2,1-2H3. The molecule has 0 bridgehead atoms. The van der Waals surface area contributed by atoms with Crippen molar-refractivity contribution in [1.82, 2.24) is 0 Å². The molecule has 0 spiro atoms. The van der Waals surface area contributed by atoms with E-state index in [-0.39, 0.29) is 0 Å². The lowest BCUT2D eigenvalue weighted by molar-refractivity contribution is 0.988. The average Bonchev–Trinajstić information content (AvgIpc) is 1.61. The molecule has 0 aliphatic rings. The van der Waals surface area contributed by atoms with E-state index < -0.39 is 0 Å². The minimum Gasteiger partial charge on any atom is -0.0916 e. The Bertz CT molecular complexity index is 55.2. The summed E-state index contributed by atoms with van der Waals surface area (Å²) in [7, 11) is 0. The molecule has 0 N–H and O–H groups in total. The van der Waals surface area contributed by atoms with Crippen LogP contribution in [-0.4, -0.2) is 5.25 Å². The van der Waals surface area contributed by atoms with Gasteiger partial charge in [0.1, 0.15) is 0 Å². The first kappa shape index (κ1) is 7.09. The monoisotopic (exact) mass is 115 g/mol. The van der Waals surface area contributed by atoms with Crippen molar-refractivity contribution >= 4 is 12.6 Å². The summed E-state index contributed by atoms with van der Waals surface area (Å²) in [4.78, 5) is 0. The molecule has 0 saturated heterocycles. The summed E-state index contributed by atoms with van der Waals surface area (Å²) in [6.45, 7) is 4.05. The van der Waals surface area contributed by atoms with Crippen LogP contribution in [0.25, 0.3) is 0 Å². The first-order chi connectivity index (χ1) is 3.27. The van der Waals surface area contributed by atoms with Crippen LogP contribution in [-0.2, 0) is 0 Å². The molecule has 1 heteroatoms. The fraction of sp³-hybridized carbons (Fsp3) is 0.667. The van der Waals surface area contributed by atoms with Gasteiger partial charge < -0.3 is 0 Å². The van der Waals surface area contributed by atoms with Crippen LogP contribution < -0.4 is 0 Å². The molecule has 0 rings (SSSR count). The van der Waals surface area contributed by atoms with Crippen LogP contribution in [0.4, 0.5) is 0 Å². The summed E-state index contributed by atoms with van der Waals surface area (Å²) >= 11 is 4.89. The van der Waals surface area contributed by atoms with E-state index in [2.05, 4.69) is 6.08 Å². The van der Waals surface area contributed by atoms with Crippen LogP contribution in [0.15, 0.2) is 12.2 Å². The van der Waals surface area contributed by atoms with E-state index in [9.17, 15) is 0 Å². The van der Waals surface area contributed by atoms with Gasteiger partial charge in [-0.15, -0.1) is 0 Å². The summed E-state index contributed by atoms with van der Waals surface area (Å²) in [6.07, 6.45) is 5.16. The van der Waals surface area contributed by atoms with Gasteiger partial charge in [-0.2, -0.15) is 0 Å². The lowest BCUT2D eigenvalue weighted by atomic mass is 10.3. The normalized spacial score (nSPS) is 15.3. The first-order valence-corrected chi connectivity index (χ1v) is 3.01. The average molecular weight is 115 g/mol. The van der Waals surface area contributed by atoms with Gasteiger partial charge in [0.2, 0.25) is 0 Å². The summed E-state index contributed by atoms with van der Waals surface area (Å²) < 4.78 is 0. The second kappa shape index (κ2) is 4.25. The predicted octanol–water partition coefficient (Wildman–Crippen LogP) is 2.54. The Kier molecular flexibility index (Phi) is 4.31. The van der Waals surface area contributed by atoms with E-state index in [1.165, 1.54) is 0 Å². The van der Waals surface area contributed by atoms with Gasteiger partial charge in [-0.25, -0.2) is 0 Å². The lowest BCUT2D eigenvalue weighted by Crippen LogP contribution is -1.84. The largest absolute Gasteiger partial charge is 0.0916 e. The molecule has 0 fully saturated rings. The van der Waals surface area contributed by atoms with E-state index >= 15 is 0 Å². The van der Waals surface area contributed by atoms with Crippen molar-refractivity contribution in [3.8, 4) is 0 Å². The van der Waals surface area contributed by atoms with Crippen LogP contribution in [0.1, 0.15) is 20.3 Å². The first-order valence-electron chi connectivity index (χ1n) is 2.54. The third-order valence-corrected chi connectivity index (χ3v) is 0.896. The van der Waals surface area contributed by atoms with Crippen LogP contribution >= 0.6 is 12.6 Å². The molecule has 0 aromatic rings. The molecule has 1 radical (unpaired) electrons. The van der Waals surface area contributed by atoms with Crippen LogP contribution in [0, 0.1) is 0 Å². The van der Waals surface area contributed by atoms with Gasteiger partial charge >= 0.3 is 0 Å². The Morgan fingerprint density at radius 1 is 1.71 bits per heavy atom. The summed E-state index contributed by atoms with van der Waals surface area (Å²) in [6, 6.07) is 0. The van der Waals surface area contributed by atoms with Gasteiger partial charge in [0.05, 0.1) is 0 Å². The molecule has 0 aliphatic heterocycles. The zero-order valence-corrected chi connectivity index (χ0v) is 5.66.